The molecular formula is C15H26N2OS. The summed E-state index contributed by atoms with van der Waals surface area (Å²) in [5.74, 6) is 0.604. The molecular weight excluding hydrogens is 256 g/mol. The molecule has 0 bridgehead atoms. The fraction of sp³-hybridized carbons (Fsp3) is 0.800. The predicted octanol–water partition coefficient (Wildman–Crippen LogP) is 3.66. The lowest BCUT2D eigenvalue weighted by Crippen LogP contribution is -2.24. The molecule has 0 saturated heterocycles. The number of rotatable bonds is 7. The monoisotopic (exact) mass is 282 g/mol. The van der Waals surface area contributed by atoms with E-state index in [2.05, 4.69) is 19.2 Å². The number of thiazole rings is 1. The minimum Gasteiger partial charge on any atom is -0.374 e. The summed E-state index contributed by atoms with van der Waals surface area (Å²) in [5.41, 5.74) is 1.35. The first kappa shape index (κ1) is 14.9. The molecule has 1 aromatic heterocycles. The third kappa shape index (κ3) is 3.56. The van der Waals surface area contributed by atoms with E-state index < -0.39 is 0 Å². The molecule has 0 amide bonds. The smallest absolute Gasteiger partial charge is 0.122 e. The lowest BCUT2D eigenvalue weighted by atomic mass is 9.91. The summed E-state index contributed by atoms with van der Waals surface area (Å²) in [4.78, 5) is 6.43. The van der Waals surface area contributed by atoms with Crippen LogP contribution in [0.2, 0.25) is 0 Å². The summed E-state index contributed by atoms with van der Waals surface area (Å²) in [6, 6.07) is 0. The van der Waals surface area contributed by atoms with E-state index in [0.29, 0.717) is 5.92 Å². The Labute approximate surface area is 120 Å². The van der Waals surface area contributed by atoms with Crippen LogP contribution in [0.4, 0.5) is 0 Å². The first-order valence-electron chi connectivity index (χ1n) is 7.53. The lowest BCUT2D eigenvalue weighted by Gasteiger charge is -2.21. The second kappa shape index (κ2) is 7.36. The Bertz CT molecular complexity index is 391. The lowest BCUT2D eigenvalue weighted by molar-refractivity contribution is 0.0946. The van der Waals surface area contributed by atoms with Crippen LogP contribution in [0.5, 0.6) is 0 Å². The molecule has 1 aliphatic carbocycles. The molecule has 19 heavy (non-hydrogen) atoms. The molecule has 2 atom stereocenters. The van der Waals surface area contributed by atoms with Gasteiger partial charge in [-0.1, -0.05) is 20.3 Å². The van der Waals surface area contributed by atoms with Gasteiger partial charge in [-0.15, -0.1) is 11.3 Å². The van der Waals surface area contributed by atoms with E-state index in [1.807, 2.05) is 11.3 Å². The average Bonchev–Trinajstić information content (AvgIpc) is 2.86. The highest BCUT2D eigenvalue weighted by Crippen LogP contribution is 2.37. The molecule has 2 rings (SSSR count). The summed E-state index contributed by atoms with van der Waals surface area (Å²) in [6.07, 6.45) is 6.19. The predicted molar refractivity (Wildman–Crippen MR) is 81.0 cm³/mol. The van der Waals surface area contributed by atoms with Crippen LogP contribution in [0.3, 0.4) is 0 Å². The van der Waals surface area contributed by atoms with Gasteiger partial charge in [0.2, 0.25) is 0 Å². The van der Waals surface area contributed by atoms with Crippen molar-refractivity contribution in [1.82, 2.24) is 10.3 Å². The van der Waals surface area contributed by atoms with E-state index in [0.717, 1.165) is 25.9 Å². The minimum atomic E-state index is 0.195. The van der Waals surface area contributed by atoms with Crippen molar-refractivity contribution in [2.24, 2.45) is 0 Å². The molecule has 1 heterocycles. The normalized spacial score (nSPS) is 20.3. The fourth-order valence-electron chi connectivity index (χ4n) is 2.79. The van der Waals surface area contributed by atoms with E-state index in [1.54, 1.807) is 7.11 Å². The molecule has 4 heteroatoms. The van der Waals surface area contributed by atoms with Crippen LogP contribution < -0.4 is 5.32 Å². The van der Waals surface area contributed by atoms with Crippen molar-refractivity contribution >= 4 is 11.3 Å². The van der Waals surface area contributed by atoms with Crippen LogP contribution in [-0.4, -0.2) is 25.2 Å². The summed E-state index contributed by atoms with van der Waals surface area (Å²) < 4.78 is 5.60. The van der Waals surface area contributed by atoms with Crippen molar-refractivity contribution < 1.29 is 4.74 Å². The van der Waals surface area contributed by atoms with Crippen LogP contribution in [0, 0.1) is 0 Å². The maximum absolute atomic E-state index is 5.60. The van der Waals surface area contributed by atoms with Crippen LogP contribution in [0.25, 0.3) is 0 Å². The zero-order chi connectivity index (χ0) is 13.7. The quantitative estimate of drug-likeness (QED) is 0.828. The molecule has 0 aromatic carbocycles. The van der Waals surface area contributed by atoms with Gasteiger partial charge in [-0.2, -0.15) is 0 Å². The minimum absolute atomic E-state index is 0.195. The van der Waals surface area contributed by atoms with Gasteiger partial charge in [-0.25, -0.2) is 4.98 Å². The molecule has 2 unspecified atom stereocenters. The fourth-order valence-corrected chi connectivity index (χ4v) is 4.09. The van der Waals surface area contributed by atoms with Gasteiger partial charge in [-0.05, 0) is 32.2 Å². The molecule has 3 nitrogen and oxygen atoms in total. The van der Waals surface area contributed by atoms with E-state index in [1.165, 1.54) is 34.8 Å². The highest BCUT2D eigenvalue weighted by Gasteiger charge is 2.26. The molecule has 0 spiro atoms. The number of nitrogens with one attached hydrogen (secondary N) is 1. The second-order valence-corrected chi connectivity index (χ2v) is 6.39. The Morgan fingerprint density at radius 3 is 3.00 bits per heavy atom. The van der Waals surface area contributed by atoms with Crippen molar-refractivity contribution in [2.75, 3.05) is 20.2 Å². The summed E-state index contributed by atoms with van der Waals surface area (Å²) in [7, 11) is 1.80. The van der Waals surface area contributed by atoms with Crippen molar-refractivity contribution in [3.8, 4) is 0 Å². The van der Waals surface area contributed by atoms with Crippen LogP contribution in [-0.2, 0) is 11.2 Å². The Morgan fingerprint density at radius 2 is 2.32 bits per heavy atom. The maximum atomic E-state index is 5.60. The van der Waals surface area contributed by atoms with Crippen molar-refractivity contribution in [2.45, 2.75) is 58.0 Å². The second-order valence-electron chi connectivity index (χ2n) is 5.27. The molecule has 0 radical (unpaired) electrons. The third-order valence-electron chi connectivity index (χ3n) is 3.84. The topological polar surface area (TPSA) is 34.1 Å². The summed E-state index contributed by atoms with van der Waals surface area (Å²) in [6.45, 7) is 6.48. The van der Waals surface area contributed by atoms with Gasteiger partial charge in [0.15, 0.2) is 0 Å². The largest absolute Gasteiger partial charge is 0.374 e. The molecule has 0 fully saturated rings. The first-order chi connectivity index (χ1) is 9.30. The molecule has 1 N–H and O–H groups in total. The van der Waals surface area contributed by atoms with Gasteiger partial charge in [0, 0.05) is 24.4 Å². The molecule has 1 aromatic rings. The molecule has 0 saturated carbocycles. The van der Waals surface area contributed by atoms with Gasteiger partial charge in [-0.3, -0.25) is 0 Å². The van der Waals surface area contributed by atoms with Crippen molar-refractivity contribution in [1.29, 1.82) is 0 Å². The highest BCUT2D eigenvalue weighted by atomic mass is 32.1. The van der Waals surface area contributed by atoms with E-state index >= 15 is 0 Å². The number of likely N-dealkylation sites (N-methyl/N-ethyl adjacent to an activating group) is 1. The zero-order valence-corrected chi connectivity index (χ0v) is 13.2. The number of hydrogen-bond donors (Lipinski definition) is 1. The number of nitrogens with zero attached hydrogens (tertiary/aromatic N) is 1. The summed E-state index contributed by atoms with van der Waals surface area (Å²) >= 11 is 1.88. The average molecular weight is 282 g/mol. The number of hydrogen-bond acceptors (Lipinski definition) is 4. The van der Waals surface area contributed by atoms with Gasteiger partial charge in [0.1, 0.15) is 11.1 Å². The van der Waals surface area contributed by atoms with Gasteiger partial charge >= 0.3 is 0 Å². The van der Waals surface area contributed by atoms with Crippen LogP contribution >= 0.6 is 11.3 Å². The van der Waals surface area contributed by atoms with Crippen molar-refractivity contribution in [3.63, 3.8) is 0 Å². The van der Waals surface area contributed by atoms with Gasteiger partial charge in [0.25, 0.3) is 0 Å². The Hall–Kier alpha value is -0.450. The number of aromatic nitrogens is 1. The Morgan fingerprint density at radius 1 is 1.47 bits per heavy atom. The van der Waals surface area contributed by atoms with Crippen LogP contribution in [0.15, 0.2) is 0 Å². The van der Waals surface area contributed by atoms with E-state index in [4.69, 9.17) is 9.72 Å². The van der Waals surface area contributed by atoms with Gasteiger partial charge < -0.3 is 10.1 Å². The summed E-state index contributed by atoms with van der Waals surface area (Å²) in [5, 5.41) is 4.66. The Kier molecular flexibility index (Phi) is 5.79. The maximum Gasteiger partial charge on any atom is 0.122 e. The van der Waals surface area contributed by atoms with Gasteiger partial charge in [0.05, 0.1) is 5.69 Å². The molecule has 0 aliphatic heterocycles. The highest BCUT2D eigenvalue weighted by molar-refractivity contribution is 7.11. The third-order valence-corrected chi connectivity index (χ3v) is 5.06. The molecule has 1 aliphatic rings. The van der Waals surface area contributed by atoms with Crippen molar-refractivity contribution in [3.05, 3.63) is 15.6 Å². The SMILES string of the molecule is CCCC(OC)c1nc2c(s1)CCCC2CNCC. The number of fused-ring (bicyclic) bond motifs is 1. The van der Waals surface area contributed by atoms with E-state index in [-0.39, 0.29) is 6.10 Å². The zero-order valence-electron chi connectivity index (χ0n) is 12.4. The number of methoxy groups -OCH3 is 1. The van der Waals surface area contributed by atoms with E-state index in [9.17, 15) is 0 Å². The first-order valence-corrected chi connectivity index (χ1v) is 8.34. The molecule has 108 valence electrons. The standard InChI is InChI=1S/C15H26N2OS/c1-4-7-12(18-3)15-17-14-11(10-16-5-2)8-6-9-13(14)19-15/h11-12,16H,4-10H2,1-3H3. The van der Waals surface area contributed by atoms with Crippen LogP contribution in [0.1, 0.15) is 67.1 Å². The number of ether oxygens (including phenoxy) is 1. The Balaban J connectivity index is 2.15. The number of aryl methyl sites for hydroxylation is 1.